The van der Waals surface area contributed by atoms with Gasteiger partial charge in [0.15, 0.2) is 0 Å². The molecular formula is C12H18N2O4S. The number of nitrogens with one attached hydrogen (secondary N) is 2. The summed E-state index contributed by atoms with van der Waals surface area (Å²) in [6.07, 6.45) is -0.248. The highest BCUT2D eigenvalue weighted by Crippen LogP contribution is 2.18. The van der Waals surface area contributed by atoms with Crippen LogP contribution in [0.1, 0.15) is 11.7 Å². The van der Waals surface area contributed by atoms with Gasteiger partial charge in [0.2, 0.25) is 0 Å². The molecule has 6 nitrogen and oxygen atoms in total. The number of ether oxygens (including phenoxy) is 2. The molecule has 19 heavy (non-hydrogen) atoms. The largest absolute Gasteiger partial charge is 0.383 e. The lowest BCUT2D eigenvalue weighted by molar-refractivity contribution is -0.139. The monoisotopic (exact) mass is 286 g/mol. The van der Waals surface area contributed by atoms with Crippen LogP contribution >= 0.6 is 11.3 Å². The Morgan fingerprint density at radius 3 is 2.63 bits per heavy atom. The van der Waals surface area contributed by atoms with Gasteiger partial charge < -0.3 is 20.1 Å². The summed E-state index contributed by atoms with van der Waals surface area (Å²) in [5.41, 5.74) is 0.979. The lowest BCUT2D eigenvalue weighted by Gasteiger charge is -2.14. The second-order valence-corrected chi connectivity index (χ2v) is 4.52. The summed E-state index contributed by atoms with van der Waals surface area (Å²) in [7, 11) is 3.09. The number of hydrogen-bond acceptors (Lipinski definition) is 5. The minimum atomic E-state index is -0.673. The van der Waals surface area contributed by atoms with E-state index >= 15 is 0 Å². The maximum Gasteiger partial charge on any atom is 0.309 e. The Morgan fingerprint density at radius 2 is 2.05 bits per heavy atom. The smallest absolute Gasteiger partial charge is 0.309 e. The second kappa shape index (κ2) is 8.63. The summed E-state index contributed by atoms with van der Waals surface area (Å²) in [5.74, 6) is -1.34. The average Bonchev–Trinajstić information content (AvgIpc) is 2.93. The van der Waals surface area contributed by atoms with E-state index in [1.54, 1.807) is 18.4 Å². The van der Waals surface area contributed by atoms with Crippen molar-refractivity contribution in [3.8, 4) is 0 Å². The fourth-order valence-electron chi connectivity index (χ4n) is 1.41. The Labute approximate surface area is 116 Å². The molecule has 1 rings (SSSR count). The molecule has 1 atom stereocenters. The zero-order valence-electron chi connectivity index (χ0n) is 11.0. The summed E-state index contributed by atoms with van der Waals surface area (Å²) in [5, 5.41) is 8.86. The number of carbonyl (C=O) groups is 2. The fraction of sp³-hybridized carbons (Fsp3) is 0.500. The van der Waals surface area contributed by atoms with Crippen LogP contribution in [0.3, 0.4) is 0 Å². The molecule has 2 N–H and O–H groups in total. The zero-order chi connectivity index (χ0) is 14.1. The van der Waals surface area contributed by atoms with E-state index in [1.165, 1.54) is 7.11 Å². The first-order valence-electron chi connectivity index (χ1n) is 5.79. The molecule has 0 saturated carbocycles. The molecule has 0 aliphatic heterocycles. The number of amides is 2. The van der Waals surface area contributed by atoms with Gasteiger partial charge in [-0.3, -0.25) is 9.59 Å². The lowest BCUT2D eigenvalue weighted by Crippen LogP contribution is -2.42. The van der Waals surface area contributed by atoms with E-state index in [0.717, 1.165) is 5.56 Å². The van der Waals surface area contributed by atoms with E-state index in [4.69, 9.17) is 9.47 Å². The second-order valence-electron chi connectivity index (χ2n) is 3.74. The van der Waals surface area contributed by atoms with Gasteiger partial charge in [0, 0.05) is 27.3 Å². The first kappa shape index (κ1) is 15.6. The van der Waals surface area contributed by atoms with Gasteiger partial charge in [-0.2, -0.15) is 11.3 Å². The maximum absolute atomic E-state index is 11.5. The average molecular weight is 286 g/mol. The van der Waals surface area contributed by atoms with Crippen molar-refractivity contribution in [1.82, 2.24) is 10.6 Å². The topological polar surface area (TPSA) is 76.7 Å². The molecule has 1 aromatic rings. The highest BCUT2D eigenvalue weighted by Gasteiger charge is 2.16. The highest BCUT2D eigenvalue weighted by molar-refractivity contribution is 7.07. The third-order valence-electron chi connectivity index (χ3n) is 2.45. The predicted molar refractivity (Wildman–Crippen MR) is 72.0 cm³/mol. The molecule has 106 valence electrons. The summed E-state index contributed by atoms with van der Waals surface area (Å²) in [6.45, 7) is 0.930. The van der Waals surface area contributed by atoms with Crippen molar-refractivity contribution >= 4 is 23.2 Å². The van der Waals surface area contributed by atoms with E-state index in [0.29, 0.717) is 13.2 Å². The molecule has 0 saturated heterocycles. The molecule has 0 radical (unpaired) electrons. The molecule has 1 aromatic heterocycles. The van der Waals surface area contributed by atoms with Crippen molar-refractivity contribution in [3.63, 3.8) is 0 Å². The van der Waals surface area contributed by atoms with E-state index in [9.17, 15) is 9.59 Å². The van der Waals surface area contributed by atoms with Crippen molar-refractivity contribution in [2.75, 3.05) is 33.9 Å². The quantitative estimate of drug-likeness (QED) is 0.559. The molecule has 0 aliphatic rings. The highest BCUT2D eigenvalue weighted by atomic mass is 32.1. The van der Waals surface area contributed by atoms with Crippen LogP contribution in [0.4, 0.5) is 0 Å². The normalized spacial score (nSPS) is 11.9. The van der Waals surface area contributed by atoms with Gasteiger partial charge in [-0.1, -0.05) is 0 Å². The van der Waals surface area contributed by atoms with E-state index in [2.05, 4.69) is 10.6 Å². The van der Waals surface area contributed by atoms with Crippen LogP contribution in [0.2, 0.25) is 0 Å². The van der Waals surface area contributed by atoms with Crippen molar-refractivity contribution in [3.05, 3.63) is 22.4 Å². The minimum Gasteiger partial charge on any atom is -0.383 e. The first-order chi connectivity index (χ1) is 9.19. The summed E-state index contributed by atoms with van der Waals surface area (Å²) >= 11 is 1.55. The van der Waals surface area contributed by atoms with Crippen LogP contribution in [-0.2, 0) is 19.1 Å². The van der Waals surface area contributed by atoms with Crippen LogP contribution in [-0.4, -0.2) is 45.7 Å². The molecule has 2 amide bonds. The summed E-state index contributed by atoms with van der Waals surface area (Å²) in [6, 6.07) is 1.92. The number of carbonyl (C=O) groups excluding carboxylic acids is 2. The van der Waals surface area contributed by atoms with Crippen molar-refractivity contribution in [2.45, 2.75) is 6.10 Å². The van der Waals surface area contributed by atoms with Crippen molar-refractivity contribution < 1.29 is 19.1 Å². The molecule has 0 aromatic carbocycles. The van der Waals surface area contributed by atoms with E-state index < -0.39 is 11.8 Å². The van der Waals surface area contributed by atoms with Crippen LogP contribution < -0.4 is 10.6 Å². The van der Waals surface area contributed by atoms with Gasteiger partial charge in [0.05, 0.1) is 6.61 Å². The summed E-state index contributed by atoms with van der Waals surface area (Å²) < 4.78 is 10.0. The number of hydrogen-bond donors (Lipinski definition) is 2. The fourth-order valence-corrected chi connectivity index (χ4v) is 2.11. The third kappa shape index (κ3) is 5.37. The SMILES string of the molecule is COCCNC(=O)C(=O)NCC(OC)c1ccsc1. The number of methoxy groups -OCH3 is 2. The van der Waals surface area contributed by atoms with Gasteiger partial charge >= 0.3 is 11.8 Å². The molecule has 1 unspecified atom stereocenters. The van der Waals surface area contributed by atoms with Crippen LogP contribution in [0.25, 0.3) is 0 Å². The maximum atomic E-state index is 11.5. The molecule has 0 fully saturated rings. The Hall–Kier alpha value is -1.44. The van der Waals surface area contributed by atoms with Gasteiger partial charge in [0.1, 0.15) is 6.10 Å². The minimum absolute atomic E-state index is 0.248. The van der Waals surface area contributed by atoms with Crippen molar-refractivity contribution in [1.29, 1.82) is 0 Å². The van der Waals surface area contributed by atoms with Crippen molar-refractivity contribution in [2.24, 2.45) is 0 Å². The standard InChI is InChI=1S/C12H18N2O4S/c1-17-5-4-13-11(15)12(16)14-7-10(18-2)9-3-6-19-8-9/h3,6,8,10H,4-5,7H2,1-2H3,(H,13,15)(H,14,16). The third-order valence-corrected chi connectivity index (χ3v) is 3.15. The molecule has 1 heterocycles. The van der Waals surface area contributed by atoms with E-state index in [1.807, 2.05) is 16.8 Å². The lowest BCUT2D eigenvalue weighted by atomic mass is 10.2. The predicted octanol–water partition coefficient (Wildman–Crippen LogP) is 0.314. The van der Waals surface area contributed by atoms with Gasteiger partial charge in [-0.15, -0.1) is 0 Å². The Kier molecular flexibility index (Phi) is 7.09. The van der Waals surface area contributed by atoms with Gasteiger partial charge in [-0.05, 0) is 22.4 Å². The van der Waals surface area contributed by atoms with E-state index in [-0.39, 0.29) is 12.6 Å². The molecular weight excluding hydrogens is 268 g/mol. The van der Waals surface area contributed by atoms with Gasteiger partial charge in [0.25, 0.3) is 0 Å². The molecule has 0 bridgehead atoms. The van der Waals surface area contributed by atoms with Crippen LogP contribution in [0.5, 0.6) is 0 Å². The van der Waals surface area contributed by atoms with Gasteiger partial charge in [-0.25, -0.2) is 0 Å². The summed E-state index contributed by atoms with van der Waals surface area (Å²) in [4.78, 5) is 22.9. The zero-order valence-corrected chi connectivity index (χ0v) is 11.8. The molecule has 0 spiro atoms. The molecule has 7 heteroatoms. The van der Waals surface area contributed by atoms with Crippen LogP contribution in [0, 0.1) is 0 Å². The Balaban J connectivity index is 2.34. The Morgan fingerprint density at radius 1 is 1.32 bits per heavy atom. The molecule has 0 aliphatic carbocycles. The first-order valence-corrected chi connectivity index (χ1v) is 6.73. The number of thiophene rings is 1. The van der Waals surface area contributed by atoms with Crippen LogP contribution in [0.15, 0.2) is 16.8 Å². The number of rotatable bonds is 7. The Bertz CT molecular complexity index is 394.